The number of anilines is 1. The first kappa shape index (κ1) is 20.2. The summed E-state index contributed by atoms with van der Waals surface area (Å²) >= 11 is 0. The molecule has 7 heteroatoms. The maximum Gasteiger partial charge on any atom is 0.306 e. The molecular formula is C19H28N2O5. The van der Waals surface area contributed by atoms with E-state index in [1.807, 2.05) is 17.9 Å². The SMILES string of the molecule is CCC(CC(=O)OC)c1ccc(N2CCCC2C(C)(C)O)c([N+](=O)[O-])c1. The second-order valence-electron chi connectivity index (χ2n) is 7.40. The van der Waals surface area contributed by atoms with E-state index >= 15 is 0 Å². The summed E-state index contributed by atoms with van der Waals surface area (Å²) in [5, 5.41) is 22.1. The molecule has 2 atom stereocenters. The molecule has 0 saturated carbocycles. The summed E-state index contributed by atoms with van der Waals surface area (Å²) in [6.07, 6.45) is 2.55. The summed E-state index contributed by atoms with van der Waals surface area (Å²) in [5.41, 5.74) is 0.352. The van der Waals surface area contributed by atoms with Gasteiger partial charge in [-0.25, -0.2) is 0 Å². The summed E-state index contributed by atoms with van der Waals surface area (Å²) in [4.78, 5) is 24.9. The maximum atomic E-state index is 11.7. The average Bonchev–Trinajstić information content (AvgIpc) is 3.08. The summed E-state index contributed by atoms with van der Waals surface area (Å²) in [5.74, 6) is -0.455. The number of hydrogen-bond acceptors (Lipinski definition) is 6. The van der Waals surface area contributed by atoms with Crippen molar-refractivity contribution >= 4 is 17.3 Å². The molecule has 2 unspecified atom stereocenters. The van der Waals surface area contributed by atoms with Crippen molar-refractivity contribution in [1.29, 1.82) is 0 Å². The number of rotatable bonds is 7. The van der Waals surface area contributed by atoms with Gasteiger partial charge in [0, 0.05) is 12.6 Å². The zero-order chi connectivity index (χ0) is 19.5. The number of nitrogens with zero attached hydrogens (tertiary/aromatic N) is 2. The fourth-order valence-corrected chi connectivity index (χ4v) is 3.76. The van der Waals surface area contributed by atoms with Crippen LogP contribution in [0.1, 0.15) is 57.9 Å². The van der Waals surface area contributed by atoms with Gasteiger partial charge in [-0.05, 0) is 50.7 Å². The highest BCUT2D eigenvalue weighted by atomic mass is 16.6. The zero-order valence-corrected chi connectivity index (χ0v) is 15.9. The minimum Gasteiger partial charge on any atom is -0.469 e. The number of ether oxygens (including phenoxy) is 1. The molecule has 1 saturated heterocycles. The minimum absolute atomic E-state index is 0.0157. The number of carbonyl (C=O) groups is 1. The van der Waals surface area contributed by atoms with Gasteiger partial charge in [-0.3, -0.25) is 14.9 Å². The third-order valence-electron chi connectivity index (χ3n) is 5.18. The highest BCUT2D eigenvalue weighted by Crippen LogP contribution is 2.39. The van der Waals surface area contributed by atoms with E-state index in [-0.39, 0.29) is 35.0 Å². The largest absolute Gasteiger partial charge is 0.469 e. The highest BCUT2D eigenvalue weighted by molar-refractivity contribution is 5.71. The first-order chi connectivity index (χ1) is 12.2. The van der Waals surface area contributed by atoms with Crippen molar-refractivity contribution in [3.8, 4) is 0 Å². The molecule has 26 heavy (non-hydrogen) atoms. The Morgan fingerprint density at radius 3 is 2.73 bits per heavy atom. The van der Waals surface area contributed by atoms with Gasteiger partial charge in [-0.15, -0.1) is 0 Å². The molecule has 0 aromatic heterocycles. The smallest absolute Gasteiger partial charge is 0.306 e. The van der Waals surface area contributed by atoms with Crippen LogP contribution in [0.2, 0.25) is 0 Å². The molecule has 0 bridgehead atoms. The van der Waals surface area contributed by atoms with Gasteiger partial charge in [0.05, 0.1) is 30.1 Å². The number of aliphatic hydroxyl groups is 1. The van der Waals surface area contributed by atoms with Crippen LogP contribution in [0.25, 0.3) is 0 Å². The van der Waals surface area contributed by atoms with Crippen molar-refractivity contribution < 1.29 is 19.6 Å². The van der Waals surface area contributed by atoms with Gasteiger partial charge in [-0.1, -0.05) is 13.0 Å². The summed E-state index contributed by atoms with van der Waals surface area (Å²) in [6, 6.07) is 4.99. The molecular weight excluding hydrogens is 336 g/mol. The Labute approximate surface area is 154 Å². The topological polar surface area (TPSA) is 92.9 Å². The van der Waals surface area contributed by atoms with Gasteiger partial charge in [0.25, 0.3) is 5.69 Å². The summed E-state index contributed by atoms with van der Waals surface area (Å²) in [6.45, 7) is 6.09. The van der Waals surface area contributed by atoms with Crippen LogP contribution in [0.4, 0.5) is 11.4 Å². The van der Waals surface area contributed by atoms with Crippen LogP contribution >= 0.6 is 0 Å². The lowest BCUT2D eigenvalue weighted by atomic mass is 9.92. The van der Waals surface area contributed by atoms with E-state index < -0.39 is 5.60 Å². The van der Waals surface area contributed by atoms with Gasteiger partial charge in [-0.2, -0.15) is 0 Å². The van der Waals surface area contributed by atoms with E-state index in [1.165, 1.54) is 7.11 Å². The van der Waals surface area contributed by atoms with Crippen molar-refractivity contribution in [2.45, 2.75) is 64.0 Å². The third-order valence-corrected chi connectivity index (χ3v) is 5.18. The van der Waals surface area contributed by atoms with Crippen molar-refractivity contribution in [3.05, 3.63) is 33.9 Å². The minimum atomic E-state index is -0.945. The molecule has 1 aromatic rings. The number of esters is 1. The Kier molecular flexibility index (Phi) is 6.23. The molecule has 0 amide bonds. The lowest BCUT2D eigenvalue weighted by Crippen LogP contribution is -2.46. The van der Waals surface area contributed by atoms with E-state index in [0.29, 0.717) is 18.7 Å². The summed E-state index contributed by atoms with van der Waals surface area (Å²) in [7, 11) is 1.34. The van der Waals surface area contributed by atoms with Gasteiger partial charge in [0.15, 0.2) is 0 Å². The lowest BCUT2D eigenvalue weighted by molar-refractivity contribution is -0.384. The van der Waals surface area contributed by atoms with Crippen LogP contribution in [-0.4, -0.2) is 41.3 Å². The molecule has 1 fully saturated rings. The molecule has 0 aliphatic carbocycles. The molecule has 1 aromatic carbocycles. The van der Waals surface area contributed by atoms with E-state index in [1.54, 1.807) is 26.0 Å². The number of nitro groups is 1. The van der Waals surface area contributed by atoms with Crippen LogP contribution in [0.3, 0.4) is 0 Å². The van der Waals surface area contributed by atoms with Crippen molar-refractivity contribution in [2.24, 2.45) is 0 Å². The molecule has 2 rings (SSSR count). The summed E-state index contributed by atoms with van der Waals surface area (Å²) < 4.78 is 4.73. The standard InChI is InChI=1S/C19H28N2O5/c1-5-13(12-18(22)26-4)14-8-9-15(16(11-14)21(24)25)20-10-6-7-17(20)19(2,3)23/h8-9,11,13,17,23H,5-7,10,12H2,1-4H3. The highest BCUT2D eigenvalue weighted by Gasteiger charge is 2.38. The molecule has 1 aliphatic rings. The van der Waals surface area contributed by atoms with Crippen LogP contribution in [-0.2, 0) is 9.53 Å². The van der Waals surface area contributed by atoms with Crippen molar-refractivity contribution in [1.82, 2.24) is 0 Å². The molecule has 7 nitrogen and oxygen atoms in total. The van der Waals surface area contributed by atoms with Crippen LogP contribution in [0.5, 0.6) is 0 Å². The Morgan fingerprint density at radius 1 is 1.50 bits per heavy atom. The first-order valence-electron chi connectivity index (χ1n) is 9.03. The van der Waals surface area contributed by atoms with E-state index in [9.17, 15) is 20.0 Å². The third kappa shape index (κ3) is 4.33. The number of hydrogen-bond donors (Lipinski definition) is 1. The fourth-order valence-electron chi connectivity index (χ4n) is 3.76. The van der Waals surface area contributed by atoms with E-state index in [2.05, 4.69) is 0 Å². The molecule has 0 spiro atoms. The Bertz CT molecular complexity index is 668. The molecule has 0 radical (unpaired) electrons. The second-order valence-corrected chi connectivity index (χ2v) is 7.40. The molecule has 1 aliphatic heterocycles. The second kappa shape index (κ2) is 8.03. The van der Waals surface area contributed by atoms with Crippen LogP contribution in [0.15, 0.2) is 18.2 Å². The number of carbonyl (C=O) groups excluding carboxylic acids is 1. The van der Waals surface area contributed by atoms with Gasteiger partial charge < -0.3 is 14.7 Å². The number of benzene rings is 1. The Hall–Kier alpha value is -2.15. The Morgan fingerprint density at radius 2 is 2.19 bits per heavy atom. The van der Waals surface area contributed by atoms with Crippen LogP contribution < -0.4 is 4.90 Å². The fraction of sp³-hybridized carbons (Fsp3) is 0.632. The van der Waals surface area contributed by atoms with Gasteiger partial charge >= 0.3 is 5.97 Å². The van der Waals surface area contributed by atoms with Crippen molar-refractivity contribution in [2.75, 3.05) is 18.6 Å². The zero-order valence-electron chi connectivity index (χ0n) is 15.9. The number of methoxy groups -OCH3 is 1. The quantitative estimate of drug-likeness (QED) is 0.453. The maximum absolute atomic E-state index is 11.7. The van der Waals surface area contributed by atoms with E-state index in [0.717, 1.165) is 18.4 Å². The van der Waals surface area contributed by atoms with Gasteiger partial charge in [0.1, 0.15) is 5.69 Å². The van der Waals surface area contributed by atoms with Gasteiger partial charge in [0.2, 0.25) is 0 Å². The Balaban J connectivity index is 2.40. The monoisotopic (exact) mass is 364 g/mol. The predicted molar refractivity (Wildman–Crippen MR) is 99.4 cm³/mol. The molecule has 1 N–H and O–H groups in total. The average molecular weight is 364 g/mol. The predicted octanol–water partition coefficient (Wildman–Crippen LogP) is 3.39. The molecule has 1 heterocycles. The normalized spacial score (nSPS) is 18.7. The van der Waals surface area contributed by atoms with Crippen molar-refractivity contribution in [3.63, 3.8) is 0 Å². The lowest BCUT2D eigenvalue weighted by Gasteiger charge is -2.35. The first-order valence-corrected chi connectivity index (χ1v) is 9.03. The molecule has 144 valence electrons. The van der Waals surface area contributed by atoms with E-state index in [4.69, 9.17) is 4.74 Å². The number of nitro benzene ring substituents is 1. The van der Waals surface area contributed by atoms with Crippen LogP contribution in [0, 0.1) is 10.1 Å².